The lowest BCUT2D eigenvalue weighted by Crippen LogP contribution is -2.16. The first-order valence-electron chi connectivity index (χ1n) is 5.81. The number of nitrogens with zero attached hydrogens (tertiary/aromatic N) is 2. The number of pyridine rings is 1. The second-order valence-corrected chi connectivity index (χ2v) is 4.15. The Morgan fingerprint density at radius 2 is 1.84 bits per heavy atom. The molecule has 92 valence electrons. The van der Waals surface area contributed by atoms with Crippen LogP contribution < -0.4 is 5.56 Å². The molecule has 0 atom stereocenters. The van der Waals surface area contributed by atoms with Crippen LogP contribution in [0.15, 0.2) is 59.7 Å². The maximum atomic E-state index is 12.3. The molecule has 0 aliphatic carbocycles. The molecular weight excluding hydrogens is 240 g/mol. The molecule has 0 saturated heterocycles. The molecule has 0 radical (unpaired) electrons. The summed E-state index contributed by atoms with van der Waals surface area (Å²) < 4.78 is 1.50. The highest BCUT2D eigenvalue weighted by Crippen LogP contribution is 2.15. The number of rotatable bonds is 2. The van der Waals surface area contributed by atoms with Gasteiger partial charge in [-0.1, -0.05) is 30.3 Å². The lowest BCUT2D eigenvalue weighted by atomic mass is 10.1. The zero-order chi connectivity index (χ0) is 13.2. The zero-order valence-corrected chi connectivity index (χ0v) is 9.98. The van der Waals surface area contributed by atoms with Crippen molar-refractivity contribution in [1.82, 2.24) is 9.38 Å². The molecule has 3 rings (SSSR count). The van der Waals surface area contributed by atoms with Crippen LogP contribution in [0.5, 0.6) is 0 Å². The van der Waals surface area contributed by atoms with Gasteiger partial charge in [-0.25, -0.2) is 4.98 Å². The minimum absolute atomic E-state index is 0.121. The summed E-state index contributed by atoms with van der Waals surface area (Å²) >= 11 is 0. The molecular formula is C15H10N2O2. The SMILES string of the molecule is O=Cc1ccc(-c2cnc3ccccn3c2=O)cc1. The summed E-state index contributed by atoms with van der Waals surface area (Å²) in [5.74, 6) is 0. The summed E-state index contributed by atoms with van der Waals surface area (Å²) in [6, 6.07) is 12.3. The van der Waals surface area contributed by atoms with Gasteiger partial charge < -0.3 is 0 Å². The predicted molar refractivity (Wildman–Crippen MR) is 72.3 cm³/mol. The van der Waals surface area contributed by atoms with E-state index in [9.17, 15) is 9.59 Å². The largest absolute Gasteiger partial charge is 0.298 e. The first kappa shape index (κ1) is 11.3. The molecule has 0 aliphatic heterocycles. The first-order valence-corrected chi connectivity index (χ1v) is 5.81. The van der Waals surface area contributed by atoms with Crippen LogP contribution in [0, 0.1) is 0 Å². The van der Waals surface area contributed by atoms with E-state index in [2.05, 4.69) is 4.98 Å². The fourth-order valence-corrected chi connectivity index (χ4v) is 1.97. The van der Waals surface area contributed by atoms with Crippen molar-refractivity contribution in [3.63, 3.8) is 0 Å². The van der Waals surface area contributed by atoms with Crippen molar-refractivity contribution in [2.45, 2.75) is 0 Å². The summed E-state index contributed by atoms with van der Waals surface area (Å²) in [7, 11) is 0. The van der Waals surface area contributed by atoms with Crippen LogP contribution in [0.2, 0.25) is 0 Å². The van der Waals surface area contributed by atoms with Crippen molar-refractivity contribution in [1.29, 1.82) is 0 Å². The van der Waals surface area contributed by atoms with Crippen molar-refractivity contribution in [2.24, 2.45) is 0 Å². The average molecular weight is 250 g/mol. The zero-order valence-electron chi connectivity index (χ0n) is 9.98. The maximum Gasteiger partial charge on any atom is 0.265 e. The molecule has 0 fully saturated rings. The number of hydrogen-bond acceptors (Lipinski definition) is 3. The third-order valence-electron chi connectivity index (χ3n) is 2.97. The van der Waals surface area contributed by atoms with Gasteiger partial charge in [-0.05, 0) is 17.7 Å². The van der Waals surface area contributed by atoms with Gasteiger partial charge in [-0.2, -0.15) is 0 Å². The highest BCUT2D eigenvalue weighted by Gasteiger charge is 2.06. The molecule has 3 aromatic rings. The minimum Gasteiger partial charge on any atom is -0.298 e. The molecule has 4 heteroatoms. The van der Waals surface area contributed by atoms with Gasteiger partial charge in [0.05, 0.1) is 5.56 Å². The summed E-state index contributed by atoms with van der Waals surface area (Å²) in [4.78, 5) is 27.2. The lowest BCUT2D eigenvalue weighted by molar-refractivity contribution is 0.112. The fourth-order valence-electron chi connectivity index (χ4n) is 1.97. The van der Waals surface area contributed by atoms with Crippen LogP contribution in [-0.2, 0) is 0 Å². The minimum atomic E-state index is -0.121. The van der Waals surface area contributed by atoms with E-state index in [1.54, 1.807) is 48.8 Å². The third kappa shape index (κ3) is 1.93. The van der Waals surface area contributed by atoms with E-state index in [0.717, 1.165) is 11.8 Å². The van der Waals surface area contributed by atoms with Gasteiger partial charge in [-0.15, -0.1) is 0 Å². The first-order chi connectivity index (χ1) is 9.29. The second kappa shape index (κ2) is 4.49. The third-order valence-corrected chi connectivity index (χ3v) is 2.97. The van der Waals surface area contributed by atoms with Gasteiger partial charge in [0, 0.05) is 18.0 Å². The Kier molecular flexibility index (Phi) is 2.68. The Labute approximate surface area is 109 Å². The number of benzene rings is 1. The van der Waals surface area contributed by atoms with Gasteiger partial charge in [0.1, 0.15) is 11.9 Å². The lowest BCUT2D eigenvalue weighted by Gasteiger charge is -2.04. The number of aldehydes is 1. The van der Waals surface area contributed by atoms with E-state index in [-0.39, 0.29) is 5.56 Å². The normalized spacial score (nSPS) is 10.5. The Balaban J connectivity index is 2.22. The predicted octanol–water partition coefficient (Wildman–Crippen LogP) is 2.17. The van der Waals surface area contributed by atoms with Crippen molar-refractivity contribution in [3.05, 3.63) is 70.8 Å². The number of aromatic nitrogens is 2. The van der Waals surface area contributed by atoms with Crippen molar-refractivity contribution in [3.8, 4) is 11.1 Å². The molecule has 0 bridgehead atoms. The Bertz CT molecular complexity index is 804. The van der Waals surface area contributed by atoms with Crippen LogP contribution in [0.25, 0.3) is 16.8 Å². The molecule has 0 amide bonds. The molecule has 0 unspecified atom stereocenters. The van der Waals surface area contributed by atoms with Crippen molar-refractivity contribution < 1.29 is 4.79 Å². The van der Waals surface area contributed by atoms with Crippen LogP contribution in [0.1, 0.15) is 10.4 Å². The van der Waals surface area contributed by atoms with Crippen molar-refractivity contribution in [2.75, 3.05) is 0 Å². The van der Waals surface area contributed by atoms with Crippen molar-refractivity contribution >= 4 is 11.9 Å². The van der Waals surface area contributed by atoms with Gasteiger partial charge in [0.25, 0.3) is 5.56 Å². The molecule has 2 aromatic heterocycles. The molecule has 0 spiro atoms. The second-order valence-electron chi connectivity index (χ2n) is 4.15. The van der Waals surface area contributed by atoms with Crippen LogP contribution in [0.3, 0.4) is 0 Å². The van der Waals surface area contributed by atoms with Crippen LogP contribution in [0.4, 0.5) is 0 Å². The Hall–Kier alpha value is -2.75. The highest BCUT2D eigenvalue weighted by atomic mass is 16.1. The monoisotopic (exact) mass is 250 g/mol. The van der Waals surface area contributed by atoms with Crippen LogP contribution in [-0.4, -0.2) is 15.7 Å². The molecule has 0 aliphatic rings. The van der Waals surface area contributed by atoms with E-state index >= 15 is 0 Å². The smallest absolute Gasteiger partial charge is 0.265 e. The topological polar surface area (TPSA) is 51.4 Å². The Morgan fingerprint density at radius 3 is 2.58 bits per heavy atom. The molecule has 2 heterocycles. The van der Waals surface area contributed by atoms with Gasteiger partial charge in [0.2, 0.25) is 0 Å². The van der Waals surface area contributed by atoms with E-state index in [0.29, 0.717) is 16.8 Å². The molecule has 1 aromatic carbocycles. The summed E-state index contributed by atoms with van der Waals surface area (Å²) in [5.41, 5.74) is 2.34. The number of hydrogen-bond donors (Lipinski definition) is 0. The summed E-state index contributed by atoms with van der Waals surface area (Å²) in [5, 5.41) is 0. The van der Waals surface area contributed by atoms with E-state index in [1.165, 1.54) is 4.40 Å². The highest BCUT2D eigenvalue weighted by molar-refractivity contribution is 5.76. The summed E-state index contributed by atoms with van der Waals surface area (Å²) in [6.07, 6.45) is 4.02. The maximum absolute atomic E-state index is 12.3. The number of fused-ring (bicyclic) bond motifs is 1. The molecule has 4 nitrogen and oxygen atoms in total. The standard InChI is InChI=1S/C15H10N2O2/c18-10-11-4-6-12(7-5-11)13-9-16-14-3-1-2-8-17(14)15(13)19/h1-10H. The quantitative estimate of drug-likeness (QED) is 0.655. The van der Waals surface area contributed by atoms with E-state index in [4.69, 9.17) is 0 Å². The van der Waals surface area contributed by atoms with Gasteiger partial charge in [0.15, 0.2) is 0 Å². The Morgan fingerprint density at radius 1 is 1.05 bits per heavy atom. The average Bonchev–Trinajstić information content (AvgIpc) is 2.48. The molecule has 0 saturated carbocycles. The number of carbonyl (C=O) groups excluding carboxylic acids is 1. The molecule has 0 N–H and O–H groups in total. The van der Waals surface area contributed by atoms with Gasteiger partial charge in [-0.3, -0.25) is 14.0 Å². The molecule has 19 heavy (non-hydrogen) atoms. The number of carbonyl (C=O) groups is 1. The van der Waals surface area contributed by atoms with E-state index < -0.39 is 0 Å². The van der Waals surface area contributed by atoms with Gasteiger partial charge >= 0.3 is 0 Å². The summed E-state index contributed by atoms with van der Waals surface area (Å²) in [6.45, 7) is 0. The van der Waals surface area contributed by atoms with Crippen LogP contribution >= 0.6 is 0 Å². The fraction of sp³-hybridized carbons (Fsp3) is 0. The van der Waals surface area contributed by atoms with E-state index in [1.807, 2.05) is 6.07 Å².